The van der Waals surface area contributed by atoms with Gasteiger partial charge in [0.25, 0.3) is 0 Å². The van der Waals surface area contributed by atoms with Gasteiger partial charge in [-0.25, -0.2) is 0 Å². The van der Waals surface area contributed by atoms with E-state index in [1.54, 1.807) is 11.3 Å². The van der Waals surface area contributed by atoms with Crippen LogP contribution in [-0.2, 0) is 5.41 Å². The molecule has 0 aliphatic heterocycles. The summed E-state index contributed by atoms with van der Waals surface area (Å²) in [5.74, 6) is 0. The number of benzene rings is 3. The van der Waals surface area contributed by atoms with Crippen LogP contribution in [0.2, 0.25) is 0 Å². The van der Waals surface area contributed by atoms with Crippen molar-refractivity contribution in [3.05, 3.63) is 77.3 Å². The second-order valence-electron chi connectivity index (χ2n) is 9.40. The maximum atomic E-state index is 6.45. The van der Waals surface area contributed by atoms with Crippen molar-refractivity contribution in [2.24, 2.45) is 0 Å². The lowest BCUT2D eigenvalue weighted by Crippen LogP contribution is -2.12. The Labute approximate surface area is 185 Å². The number of aryl methyl sites for hydroxylation is 1. The molecular formula is C28H23NOS. The Bertz CT molecular complexity index is 1630. The van der Waals surface area contributed by atoms with Gasteiger partial charge in [-0.2, -0.15) is 0 Å². The fourth-order valence-electron chi connectivity index (χ4n) is 4.62. The number of rotatable bonds is 1. The van der Waals surface area contributed by atoms with Crippen LogP contribution in [0.25, 0.3) is 54.1 Å². The molecule has 3 heterocycles. The van der Waals surface area contributed by atoms with Gasteiger partial charge in [0.2, 0.25) is 0 Å². The largest absolute Gasteiger partial charge is 0.454 e. The molecule has 0 aliphatic carbocycles. The minimum atomic E-state index is 0.0271. The molecule has 0 atom stereocenters. The molecule has 0 amide bonds. The van der Waals surface area contributed by atoms with Gasteiger partial charge in [0.05, 0.1) is 0 Å². The van der Waals surface area contributed by atoms with Gasteiger partial charge in [-0.05, 0) is 75.3 Å². The normalized spacial score (nSPS) is 12.5. The Morgan fingerprint density at radius 2 is 1.71 bits per heavy atom. The standard InChI is InChI=1S/C28H23NOS/c1-16-15-31-25-14-22-20-9-10-29-26(27(20)30-24(22)13-21(16)25)18-11-17-7-5-6-8-19(17)23(12-18)28(2,3)4/h5-15H,1-4H3. The topological polar surface area (TPSA) is 26.0 Å². The Kier molecular flexibility index (Phi) is 3.85. The molecular weight excluding hydrogens is 398 g/mol. The number of hydrogen-bond acceptors (Lipinski definition) is 3. The lowest BCUT2D eigenvalue weighted by molar-refractivity contribution is 0.596. The molecule has 152 valence electrons. The lowest BCUT2D eigenvalue weighted by Gasteiger charge is -2.22. The molecule has 2 nitrogen and oxygen atoms in total. The van der Waals surface area contributed by atoms with Crippen LogP contribution in [0.5, 0.6) is 0 Å². The highest BCUT2D eigenvalue weighted by Crippen LogP contribution is 2.40. The fraction of sp³-hybridized carbons (Fsp3) is 0.179. The molecule has 0 spiro atoms. The first kappa shape index (κ1) is 18.6. The summed E-state index contributed by atoms with van der Waals surface area (Å²) in [5, 5.41) is 8.29. The zero-order chi connectivity index (χ0) is 21.3. The summed E-state index contributed by atoms with van der Waals surface area (Å²) < 4.78 is 7.75. The Morgan fingerprint density at radius 1 is 0.871 bits per heavy atom. The van der Waals surface area contributed by atoms with Gasteiger partial charge in [-0.3, -0.25) is 4.98 Å². The molecule has 0 N–H and O–H groups in total. The smallest absolute Gasteiger partial charge is 0.161 e. The van der Waals surface area contributed by atoms with Crippen LogP contribution in [0, 0.1) is 6.92 Å². The molecule has 6 rings (SSSR count). The van der Waals surface area contributed by atoms with E-state index in [1.165, 1.54) is 32.0 Å². The monoisotopic (exact) mass is 421 g/mol. The van der Waals surface area contributed by atoms with Crippen LogP contribution >= 0.6 is 11.3 Å². The molecule has 0 aliphatic rings. The van der Waals surface area contributed by atoms with E-state index in [0.29, 0.717) is 0 Å². The zero-order valence-electron chi connectivity index (χ0n) is 18.1. The van der Waals surface area contributed by atoms with Gasteiger partial charge in [-0.1, -0.05) is 45.0 Å². The van der Waals surface area contributed by atoms with Crippen molar-refractivity contribution in [3.8, 4) is 11.3 Å². The first-order valence-corrected chi connectivity index (χ1v) is 11.5. The van der Waals surface area contributed by atoms with Gasteiger partial charge in [-0.15, -0.1) is 11.3 Å². The molecule has 0 saturated carbocycles. The van der Waals surface area contributed by atoms with Gasteiger partial charge >= 0.3 is 0 Å². The molecule has 0 radical (unpaired) electrons. The van der Waals surface area contributed by atoms with E-state index in [4.69, 9.17) is 9.40 Å². The number of pyridine rings is 1. The first-order valence-electron chi connectivity index (χ1n) is 10.6. The summed E-state index contributed by atoms with van der Waals surface area (Å²) >= 11 is 1.79. The number of nitrogens with zero attached hydrogens (tertiary/aromatic N) is 1. The predicted molar refractivity (Wildman–Crippen MR) is 133 cm³/mol. The van der Waals surface area contributed by atoms with Crippen molar-refractivity contribution in [2.75, 3.05) is 0 Å². The third kappa shape index (κ3) is 2.80. The summed E-state index contributed by atoms with van der Waals surface area (Å²) in [6.07, 6.45) is 1.91. The molecule has 3 heteroatoms. The highest BCUT2D eigenvalue weighted by atomic mass is 32.1. The summed E-state index contributed by atoms with van der Waals surface area (Å²) in [4.78, 5) is 4.79. The van der Waals surface area contributed by atoms with Crippen LogP contribution in [0.3, 0.4) is 0 Å². The lowest BCUT2D eigenvalue weighted by atomic mass is 9.82. The van der Waals surface area contributed by atoms with Crippen molar-refractivity contribution in [1.29, 1.82) is 0 Å². The Balaban J connectivity index is 1.68. The third-order valence-corrected chi connectivity index (χ3v) is 7.28. The van der Waals surface area contributed by atoms with E-state index in [-0.39, 0.29) is 5.41 Å². The predicted octanol–water partition coefficient (Wildman–Crippen LogP) is 8.62. The summed E-state index contributed by atoms with van der Waals surface area (Å²) in [5.41, 5.74) is 6.45. The van der Waals surface area contributed by atoms with E-state index in [9.17, 15) is 0 Å². The number of furan rings is 1. The van der Waals surface area contributed by atoms with Crippen molar-refractivity contribution in [2.45, 2.75) is 33.1 Å². The van der Waals surface area contributed by atoms with E-state index in [0.717, 1.165) is 33.2 Å². The SMILES string of the molecule is Cc1csc2cc3c(cc12)oc1c(-c2cc(C(C)(C)C)c4ccccc4c2)nccc13. The van der Waals surface area contributed by atoms with Crippen LogP contribution in [-0.4, -0.2) is 4.98 Å². The van der Waals surface area contributed by atoms with E-state index >= 15 is 0 Å². The molecule has 6 aromatic rings. The molecule has 0 saturated heterocycles. The maximum Gasteiger partial charge on any atom is 0.161 e. The van der Waals surface area contributed by atoms with Crippen LogP contribution in [0.1, 0.15) is 31.9 Å². The number of thiophene rings is 1. The molecule has 0 fully saturated rings. The second kappa shape index (κ2) is 6.41. The second-order valence-corrected chi connectivity index (χ2v) is 10.3. The number of hydrogen-bond donors (Lipinski definition) is 0. The van der Waals surface area contributed by atoms with Crippen molar-refractivity contribution in [1.82, 2.24) is 4.98 Å². The quantitative estimate of drug-likeness (QED) is 0.265. The number of aromatic nitrogens is 1. The minimum Gasteiger partial charge on any atom is -0.454 e. The molecule has 0 unspecified atom stereocenters. The van der Waals surface area contributed by atoms with E-state index in [1.807, 2.05) is 6.20 Å². The van der Waals surface area contributed by atoms with Crippen LogP contribution in [0.15, 0.2) is 70.6 Å². The summed E-state index contributed by atoms with van der Waals surface area (Å²) in [6, 6.07) is 19.7. The van der Waals surface area contributed by atoms with Gasteiger partial charge in [0.1, 0.15) is 11.3 Å². The van der Waals surface area contributed by atoms with Gasteiger partial charge in [0.15, 0.2) is 5.58 Å². The van der Waals surface area contributed by atoms with Gasteiger partial charge < -0.3 is 4.42 Å². The van der Waals surface area contributed by atoms with Crippen LogP contribution in [0.4, 0.5) is 0 Å². The molecule has 31 heavy (non-hydrogen) atoms. The summed E-state index contributed by atoms with van der Waals surface area (Å²) in [7, 11) is 0. The molecule has 0 bridgehead atoms. The maximum absolute atomic E-state index is 6.45. The van der Waals surface area contributed by atoms with Crippen molar-refractivity contribution in [3.63, 3.8) is 0 Å². The third-order valence-electron chi connectivity index (χ3n) is 6.22. The zero-order valence-corrected chi connectivity index (χ0v) is 18.9. The first-order chi connectivity index (χ1) is 14.9. The average Bonchev–Trinajstić information content (AvgIpc) is 3.30. The van der Waals surface area contributed by atoms with Crippen molar-refractivity contribution >= 4 is 54.1 Å². The highest BCUT2D eigenvalue weighted by Gasteiger charge is 2.21. The van der Waals surface area contributed by atoms with E-state index < -0.39 is 0 Å². The minimum absolute atomic E-state index is 0.0271. The van der Waals surface area contributed by atoms with Gasteiger partial charge in [0, 0.05) is 27.2 Å². The average molecular weight is 422 g/mol. The molecule has 3 aromatic heterocycles. The Morgan fingerprint density at radius 3 is 2.55 bits per heavy atom. The fourth-order valence-corrected chi connectivity index (χ4v) is 5.59. The molecule has 3 aromatic carbocycles. The van der Waals surface area contributed by atoms with E-state index in [2.05, 4.69) is 87.7 Å². The number of fused-ring (bicyclic) bond motifs is 5. The van der Waals surface area contributed by atoms with Crippen LogP contribution < -0.4 is 0 Å². The van der Waals surface area contributed by atoms with Crippen molar-refractivity contribution < 1.29 is 4.42 Å². The summed E-state index contributed by atoms with van der Waals surface area (Å²) in [6.45, 7) is 8.96. The highest BCUT2D eigenvalue weighted by molar-refractivity contribution is 7.17. The Hall–Kier alpha value is -3.17.